The number of rotatable bonds is 6. The molecular formula is C18H20N2O2S. The Kier molecular flexibility index (Phi) is 5.71. The Morgan fingerprint density at radius 2 is 1.91 bits per heavy atom. The van der Waals surface area contributed by atoms with Gasteiger partial charge in [-0.25, -0.2) is 13.3 Å². The van der Waals surface area contributed by atoms with Gasteiger partial charge in [-0.1, -0.05) is 66.3 Å². The molecule has 0 aliphatic heterocycles. The lowest BCUT2D eigenvalue weighted by Crippen LogP contribution is -2.29. The van der Waals surface area contributed by atoms with Crippen molar-refractivity contribution in [1.29, 1.82) is 0 Å². The van der Waals surface area contributed by atoms with Gasteiger partial charge in [-0.2, -0.15) is 0 Å². The van der Waals surface area contributed by atoms with Crippen LogP contribution in [0.15, 0.2) is 70.3 Å². The highest BCUT2D eigenvalue weighted by atomic mass is 32.1. The van der Waals surface area contributed by atoms with Crippen molar-refractivity contribution in [2.75, 3.05) is 0 Å². The van der Waals surface area contributed by atoms with Crippen molar-refractivity contribution in [3.05, 3.63) is 92.0 Å². The molecule has 0 aliphatic carbocycles. The third-order valence-corrected chi connectivity index (χ3v) is 4.22. The van der Waals surface area contributed by atoms with E-state index in [0.717, 1.165) is 22.7 Å². The molecule has 0 amide bonds. The molecule has 23 heavy (non-hydrogen) atoms. The predicted octanol–water partition coefficient (Wildman–Crippen LogP) is 3.12. The lowest BCUT2D eigenvalue weighted by atomic mass is 10.1. The summed E-state index contributed by atoms with van der Waals surface area (Å²) in [5.41, 5.74) is 2.84. The zero-order chi connectivity index (χ0) is 16.8. The molecule has 0 saturated heterocycles. The van der Waals surface area contributed by atoms with Gasteiger partial charge in [0.05, 0.1) is 13.1 Å². The van der Waals surface area contributed by atoms with Crippen LogP contribution in [0, 0.1) is 6.92 Å². The van der Waals surface area contributed by atoms with Crippen molar-refractivity contribution in [2.45, 2.75) is 26.9 Å². The number of allylic oxidation sites excluding steroid dienone is 5. The maximum atomic E-state index is 12.4. The molecule has 2 rings (SSSR count). The summed E-state index contributed by atoms with van der Waals surface area (Å²) < 4.78 is 2.77. The number of hydrogen-bond acceptors (Lipinski definition) is 3. The second-order valence-electron chi connectivity index (χ2n) is 5.38. The minimum atomic E-state index is -0.263. The van der Waals surface area contributed by atoms with Gasteiger partial charge in [0.2, 0.25) is 0 Å². The maximum Gasteiger partial charge on any atom is 0.341 e. The molecule has 0 N–H and O–H groups in total. The predicted molar refractivity (Wildman–Crippen MR) is 96.2 cm³/mol. The van der Waals surface area contributed by atoms with Crippen LogP contribution in [0.5, 0.6) is 0 Å². The van der Waals surface area contributed by atoms with Gasteiger partial charge in [0.15, 0.2) is 0 Å². The summed E-state index contributed by atoms with van der Waals surface area (Å²) in [4.78, 5) is 24.2. The summed E-state index contributed by atoms with van der Waals surface area (Å²) >= 11 is 0.961. The van der Waals surface area contributed by atoms with Crippen LogP contribution in [0.1, 0.15) is 18.1 Å². The minimum absolute atomic E-state index is 0.234. The number of aryl methyl sites for hydroxylation is 1. The Balaban J connectivity index is 2.22. The SMILES string of the molecule is C=C/C=C\C=C(/C)Cn1c(=O)sn(Cc2ccc(C)cc2)c1=O. The summed E-state index contributed by atoms with van der Waals surface area (Å²) in [6.45, 7) is 8.22. The van der Waals surface area contributed by atoms with E-state index in [1.165, 1.54) is 14.1 Å². The van der Waals surface area contributed by atoms with Crippen molar-refractivity contribution in [3.63, 3.8) is 0 Å². The number of aromatic nitrogens is 2. The fourth-order valence-corrected chi connectivity index (χ4v) is 2.91. The smallest absolute Gasteiger partial charge is 0.255 e. The van der Waals surface area contributed by atoms with Crippen LogP contribution >= 0.6 is 11.5 Å². The average Bonchev–Trinajstić information content (AvgIpc) is 2.77. The van der Waals surface area contributed by atoms with Crippen molar-refractivity contribution in [1.82, 2.24) is 8.52 Å². The topological polar surface area (TPSA) is 44.0 Å². The molecule has 4 nitrogen and oxygen atoms in total. The van der Waals surface area contributed by atoms with E-state index in [1.54, 1.807) is 12.2 Å². The molecule has 0 radical (unpaired) electrons. The van der Waals surface area contributed by atoms with Gasteiger partial charge in [0, 0.05) is 11.5 Å². The van der Waals surface area contributed by atoms with Gasteiger partial charge >= 0.3 is 10.6 Å². The molecular weight excluding hydrogens is 308 g/mol. The Morgan fingerprint density at radius 3 is 2.57 bits per heavy atom. The molecule has 0 fully saturated rings. The van der Waals surface area contributed by atoms with Gasteiger partial charge in [0.1, 0.15) is 0 Å². The van der Waals surface area contributed by atoms with Gasteiger partial charge in [-0.15, -0.1) is 0 Å². The Hall–Kier alpha value is -2.40. The van der Waals surface area contributed by atoms with E-state index in [2.05, 4.69) is 6.58 Å². The normalized spacial score (nSPS) is 12.0. The summed E-state index contributed by atoms with van der Waals surface area (Å²) in [5, 5.41) is 0. The summed E-state index contributed by atoms with van der Waals surface area (Å²) in [5.74, 6) is 0. The minimum Gasteiger partial charge on any atom is -0.255 e. The van der Waals surface area contributed by atoms with Crippen LogP contribution in [0.2, 0.25) is 0 Å². The zero-order valence-corrected chi connectivity index (χ0v) is 14.2. The number of benzene rings is 1. The van der Waals surface area contributed by atoms with Crippen molar-refractivity contribution < 1.29 is 0 Å². The monoisotopic (exact) mass is 328 g/mol. The first kappa shape index (κ1) is 17.0. The van der Waals surface area contributed by atoms with E-state index in [9.17, 15) is 9.59 Å². The third kappa shape index (κ3) is 4.53. The van der Waals surface area contributed by atoms with Crippen LogP contribution in [0.4, 0.5) is 0 Å². The van der Waals surface area contributed by atoms with E-state index >= 15 is 0 Å². The quantitative estimate of drug-likeness (QED) is 0.765. The van der Waals surface area contributed by atoms with E-state index in [0.29, 0.717) is 13.1 Å². The second-order valence-corrected chi connectivity index (χ2v) is 6.35. The number of hydrogen-bond donors (Lipinski definition) is 0. The van der Waals surface area contributed by atoms with Gasteiger partial charge in [-0.3, -0.25) is 4.79 Å². The second kappa shape index (κ2) is 7.74. The summed E-state index contributed by atoms with van der Waals surface area (Å²) in [7, 11) is 0. The summed E-state index contributed by atoms with van der Waals surface area (Å²) in [6, 6.07) is 7.95. The van der Waals surface area contributed by atoms with Crippen LogP contribution in [-0.2, 0) is 13.1 Å². The van der Waals surface area contributed by atoms with Crippen LogP contribution in [0.3, 0.4) is 0 Å². The molecule has 1 heterocycles. The molecule has 1 aromatic carbocycles. The zero-order valence-electron chi connectivity index (χ0n) is 13.4. The Morgan fingerprint density at radius 1 is 1.22 bits per heavy atom. The van der Waals surface area contributed by atoms with E-state index in [1.807, 2.05) is 50.3 Å². The Bertz CT molecular complexity index is 848. The largest absolute Gasteiger partial charge is 0.341 e. The summed E-state index contributed by atoms with van der Waals surface area (Å²) in [6.07, 6.45) is 7.19. The first-order valence-corrected chi connectivity index (χ1v) is 8.10. The Labute approximate surface area is 139 Å². The van der Waals surface area contributed by atoms with Gasteiger partial charge in [0.25, 0.3) is 0 Å². The van der Waals surface area contributed by atoms with Crippen LogP contribution < -0.4 is 10.6 Å². The lowest BCUT2D eigenvalue weighted by Gasteiger charge is -2.02. The fraction of sp³-hybridized carbons (Fsp3) is 0.222. The molecule has 0 spiro atoms. The highest BCUT2D eigenvalue weighted by molar-refractivity contribution is 7.03. The molecule has 1 aromatic heterocycles. The maximum absolute atomic E-state index is 12.4. The van der Waals surface area contributed by atoms with E-state index < -0.39 is 0 Å². The first-order chi connectivity index (χ1) is 11.0. The third-order valence-electron chi connectivity index (χ3n) is 3.34. The van der Waals surface area contributed by atoms with Crippen LogP contribution in [0.25, 0.3) is 0 Å². The molecule has 0 bridgehead atoms. The van der Waals surface area contributed by atoms with Crippen molar-refractivity contribution in [2.24, 2.45) is 0 Å². The first-order valence-electron chi connectivity index (χ1n) is 7.32. The number of nitrogens with zero attached hydrogens (tertiary/aromatic N) is 2. The average molecular weight is 328 g/mol. The van der Waals surface area contributed by atoms with Gasteiger partial charge < -0.3 is 0 Å². The van der Waals surface area contributed by atoms with E-state index in [-0.39, 0.29) is 10.6 Å². The highest BCUT2D eigenvalue weighted by Crippen LogP contribution is 2.05. The fourth-order valence-electron chi connectivity index (χ4n) is 2.09. The molecule has 0 aliphatic rings. The standard InChI is InChI=1S/C18H20N2O2S/c1-4-5-6-7-15(3)12-19-17(21)20(23-18(19)22)13-16-10-8-14(2)9-11-16/h4-11H,1,12-13H2,2-3H3/b6-5-,15-7+. The molecule has 2 aromatic rings. The molecule has 120 valence electrons. The molecule has 0 atom stereocenters. The lowest BCUT2D eigenvalue weighted by molar-refractivity contribution is 0.678. The van der Waals surface area contributed by atoms with Crippen LogP contribution in [-0.4, -0.2) is 8.52 Å². The van der Waals surface area contributed by atoms with Crippen molar-refractivity contribution >= 4 is 11.5 Å². The van der Waals surface area contributed by atoms with E-state index in [4.69, 9.17) is 0 Å². The van der Waals surface area contributed by atoms with Crippen molar-refractivity contribution in [3.8, 4) is 0 Å². The highest BCUT2D eigenvalue weighted by Gasteiger charge is 2.10. The molecule has 5 heteroatoms. The molecule has 0 saturated carbocycles. The molecule has 0 unspecified atom stereocenters. The van der Waals surface area contributed by atoms with Gasteiger partial charge in [-0.05, 0) is 19.4 Å².